The minimum absolute atomic E-state index is 0.330. The van der Waals surface area contributed by atoms with Crippen molar-refractivity contribution < 1.29 is 0 Å². The lowest BCUT2D eigenvalue weighted by atomic mass is 9.33. The van der Waals surface area contributed by atoms with Crippen LogP contribution in [0.15, 0.2) is 449 Å². The quantitative estimate of drug-likeness (QED) is 0.113. The van der Waals surface area contributed by atoms with Crippen LogP contribution < -0.4 is 26.2 Å². The monoisotopic (exact) mass is 1610 g/mol. The van der Waals surface area contributed by atoms with Crippen LogP contribution in [-0.4, -0.2) is 15.8 Å². The van der Waals surface area contributed by atoms with Crippen molar-refractivity contribution in [2.75, 3.05) is 9.80 Å². The number of nitrogens with zero attached hydrogens (tertiary/aromatic N) is 4. The summed E-state index contributed by atoms with van der Waals surface area (Å²) in [4.78, 5) is 5.48. The van der Waals surface area contributed by atoms with E-state index >= 15 is 0 Å². The average molecular weight is 1620 g/mol. The lowest BCUT2D eigenvalue weighted by Gasteiger charge is -2.46. The molecule has 0 amide bonds. The summed E-state index contributed by atoms with van der Waals surface area (Å²) in [6.07, 6.45) is 0. The Morgan fingerprint density at radius 1 is 0.205 bits per heavy atom. The highest BCUT2D eigenvalue weighted by Gasteiger charge is 2.47. The van der Waals surface area contributed by atoms with E-state index in [-0.39, 0.29) is 6.71 Å². The van der Waals surface area contributed by atoms with E-state index in [0.29, 0.717) is 0 Å². The number of aromatic nitrogens is 2. The number of benzene rings is 21. The predicted molar refractivity (Wildman–Crippen MR) is 541 cm³/mol. The summed E-state index contributed by atoms with van der Waals surface area (Å²) in [6.45, 7) is 6.89. The third kappa shape index (κ3) is 11.9. The molecule has 23 aromatic rings. The maximum absolute atomic E-state index is 2.74. The first-order valence-corrected chi connectivity index (χ1v) is 44.3. The van der Waals surface area contributed by atoms with E-state index in [0.717, 1.165) is 134 Å². The molecule has 2 aromatic heterocycles. The van der Waals surface area contributed by atoms with Crippen LogP contribution in [0.5, 0.6) is 0 Å². The van der Waals surface area contributed by atoms with Crippen molar-refractivity contribution in [2.24, 2.45) is 0 Å². The molecule has 0 saturated carbocycles. The van der Waals surface area contributed by atoms with Gasteiger partial charge in [0.2, 0.25) is 0 Å². The van der Waals surface area contributed by atoms with Crippen molar-refractivity contribution >= 4 is 144 Å². The molecule has 0 saturated heterocycles. The number of hydrogen-bond donors (Lipinski definition) is 0. The summed E-state index contributed by atoms with van der Waals surface area (Å²) < 4.78 is 5.14. The van der Waals surface area contributed by atoms with Gasteiger partial charge in [-0.25, -0.2) is 0 Å². The van der Waals surface area contributed by atoms with Crippen LogP contribution in [0, 0.1) is 0 Å². The third-order valence-electron chi connectivity index (χ3n) is 27.2. The Morgan fingerprint density at radius 3 is 0.882 bits per heavy atom. The Balaban J connectivity index is 0.833. The lowest BCUT2D eigenvalue weighted by Crippen LogP contribution is -2.61. The van der Waals surface area contributed by atoms with Gasteiger partial charge in [0, 0.05) is 77.9 Å². The zero-order chi connectivity index (χ0) is 84.1. The molecule has 0 bridgehead atoms. The Labute approximate surface area is 738 Å². The molecule has 4 nitrogen and oxygen atoms in total. The van der Waals surface area contributed by atoms with Crippen molar-refractivity contribution in [2.45, 2.75) is 26.2 Å². The standard InChI is InChI=1S/C122H83BN4/c1-122(2,3)92-74-115-119-116(75-92)127(121-103(84-40-18-8-19-41-84)72-91(79-34-12-5-13-35-79)73-104(121)85-42-20-9-21-43-85)114-77-94(125-110-65-59-89(98-55-31-49-81-45-23-27-51-96(81)98)69-106(110)118-100-53-29-25-47-87(100)57-67-112(118)125)61-63-108(114)123(119)107-62-60-93(76-113(107)126(115)120-101(82-36-14-6-15-37-82)70-90(78-32-10-4-11-33-78)71-102(120)83-38-16-7-17-39-83)124-109-64-58-88(97-54-30-48-80-44-22-26-50-95(80)97)68-105(109)117-99-52-28-24-46-86(99)56-66-111(117)124/h4-77H,1-3H3. The molecule has 4 heterocycles. The largest absolute Gasteiger partial charge is 0.310 e. The molecule has 0 atom stereocenters. The van der Waals surface area contributed by atoms with Crippen molar-refractivity contribution in [1.29, 1.82) is 0 Å². The van der Waals surface area contributed by atoms with Crippen LogP contribution >= 0.6 is 0 Å². The van der Waals surface area contributed by atoms with Gasteiger partial charge in [0.15, 0.2) is 0 Å². The number of anilines is 6. The Hall–Kier alpha value is -16.1. The van der Waals surface area contributed by atoms with Gasteiger partial charge in [0.05, 0.1) is 33.4 Å². The Kier molecular flexibility index (Phi) is 17.0. The zero-order valence-corrected chi connectivity index (χ0v) is 70.6. The van der Waals surface area contributed by atoms with Crippen LogP contribution in [0.2, 0.25) is 0 Å². The highest BCUT2D eigenvalue weighted by Crippen LogP contribution is 2.57. The second-order valence-corrected chi connectivity index (χ2v) is 35.4. The maximum Gasteiger partial charge on any atom is 0.252 e. The van der Waals surface area contributed by atoms with E-state index in [2.05, 4.69) is 489 Å². The normalized spacial score (nSPS) is 12.5. The second-order valence-electron chi connectivity index (χ2n) is 35.4. The van der Waals surface area contributed by atoms with Gasteiger partial charge in [-0.15, -0.1) is 0 Å². The molecule has 21 aromatic carbocycles. The molecule has 25 rings (SSSR count). The minimum atomic E-state index is -0.404. The molecule has 2 aliphatic rings. The van der Waals surface area contributed by atoms with Crippen LogP contribution in [0.1, 0.15) is 26.3 Å². The first kappa shape index (κ1) is 73.6. The fraction of sp³-hybridized carbons (Fsp3) is 0.0328. The van der Waals surface area contributed by atoms with Crippen molar-refractivity contribution in [3.05, 3.63) is 454 Å². The van der Waals surface area contributed by atoms with Gasteiger partial charge in [-0.1, -0.05) is 373 Å². The van der Waals surface area contributed by atoms with Crippen LogP contribution in [0.3, 0.4) is 0 Å². The van der Waals surface area contributed by atoms with Gasteiger partial charge >= 0.3 is 0 Å². The van der Waals surface area contributed by atoms with E-state index in [4.69, 9.17) is 0 Å². The van der Waals surface area contributed by atoms with E-state index < -0.39 is 5.41 Å². The molecule has 0 spiro atoms. The summed E-state index contributed by atoms with van der Waals surface area (Å²) in [7, 11) is 0. The molecule has 0 aliphatic carbocycles. The molecular weight excluding hydrogens is 1530 g/mol. The molecule has 0 N–H and O–H groups in total. The van der Waals surface area contributed by atoms with Gasteiger partial charge in [0.1, 0.15) is 0 Å². The van der Waals surface area contributed by atoms with E-state index in [1.807, 2.05) is 0 Å². The van der Waals surface area contributed by atoms with Gasteiger partial charge in [-0.2, -0.15) is 0 Å². The van der Waals surface area contributed by atoms with Crippen molar-refractivity contribution in [3.8, 4) is 100 Å². The summed E-state index contributed by atoms with van der Waals surface area (Å²) in [5.41, 5.74) is 36.0. The molecule has 0 unspecified atom stereocenters. The number of rotatable bonds is 12. The molecule has 5 heteroatoms. The van der Waals surface area contributed by atoms with Gasteiger partial charge in [-0.3, -0.25) is 0 Å². The fourth-order valence-electron chi connectivity index (χ4n) is 21.3. The van der Waals surface area contributed by atoms with Crippen molar-refractivity contribution in [1.82, 2.24) is 9.13 Å². The number of fused-ring (bicyclic) bond motifs is 16. The van der Waals surface area contributed by atoms with E-state index in [1.54, 1.807) is 0 Å². The first-order valence-electron chi connectivity index (χ1n) is 44.3. The highest BCUT2D eigenvalue weighted by molar-refractivity contribution is 7.00. The first-order chi connectivity index (χ1) is 62.7. The highest BCUT2D eigenvalue weighted by atomic mass is 15.2. The Bertz CT molecular complexity index is 7800. The Morgan fingerprint density at radius 2 is 0.520 bits per heavy atom. The number of hydrogen-bond acceptors (Lipinski definition) is 2. The molecule has 0 radical (unpaired) electrons. The van der Waals surface area contributed by atoms with Gasteiger partial charge < -0.3 is 18.9 Å². The average Bonchev–Trinajstić information content (AvgIpc) is 1.70. The minimum Gasteiger partial charge on any atom is -0.310 e. The second kappa shape index (κ2) is 29.3. The predicted octanol–water partition coefficient (Wildman–Crippen LogP) is 31.2. The molecular formula is C122H83BN4. The smallest absolute Gasteiger partial charge is 0.252 e. The molecule has 127 heavy (non-hydrogen) atoms. The summed E-state index contributed by atoms with van der Waals surface area (Å²) in [5.74, 6) is 0. The molecule has 2 aliphatic heterocycles. The van der Waals surface area contributed by atoms with Gasteiger partial charge in [0.25, 0.3) is 6.71 Å². The summed E-state index contributed by atoms with van der Waals surface area (Å²) in [5, 5.41) is 14.6. The van der Waals surface area contributed by atoms with E-state index in [9.17, 15) is 0 Å². The van der Waals surface area contributed by atoms with Crippen molar-refractivity contribution in [3.63, 3.8) is 0 Å². The summed E-state index contributed by atoms with van der Waals surface area (Å²) in [6, 6.07) is 170. The lowest BCUT2D eigenvalue weighted by molar-refractivity contribution is 0.590. The van der Waals surface area contributed by atoms with Crippen LogP contribution in [0.4, 0.5) is 34.1 Å². The van der Waals surface area contributed by atoms with Crippen LogP contribution in [0.25, 0.3) is 187 Å². The third-order valence-corrected chi connectivity index (χ3v) is 27.2. The maximum atomic E-state index is 2.74. The van der Waals surface area contributed by atoms with Gasteiger partial charge in [-0.05, 0) is 234 Å². The molecule has 594 valence electrons. The van der Waals surface area contributed by atoms with E-state index in [1.165, 1.54) is 109 Å². The fourth-order valence-corrected chi connectivity index (χ4v) is 21.3. The summed E-state index contributed by atoms with van der Waals surface area (Å²) >= 11 is 0. The SMILES string of the molecule is CC(C)(C)c1cc2c3c(c1)N(c1c(-c4ccccc4)cc(-c4ccccc4)cc1-c1ccccc1)c1cc(-n4c5ccc(-c6cccc7ccccc67)cc5c5c6ccccc6ccc54)ccc1B3c1ccc(-n3c4ccc(-c5cccc6ccccc56)cc4c4c5ccccc5ccc43)cc1N2c1c(-c2ccccc2)cc(-c2ccccc2)cc1-c1ccccc1. The zero-order valence-electron chi connectivity index (χ0n) is 70.6. The van der Waals surface area contributed by atoms with Crippen LogP contribution in [-0.2, 0) is 5.41 Å². The topological polar surface area (TPSA) is 16.3 Å². The molecule has 0 fully saturated rings.